The second kappa shape index (κ2) is 10.1. The third kappa shape index (κ3) is 5.92. The van der Waals surface area contributed by atoms with E-state index in [0.29, 0.717) is 43.3 Å². The van der Waals surface area contributed by atoms with Crippen molar-refractivity contribution < 1.29 is 19.1 Å². The van der Waals surface area contributed by atoms with Crippen LogP contribution in [0.5, 0.6) is 5.75 Å². The molecule has 7 nitrogen and oxygen atoms in total. The number of nitrogens with one attached hydrogen (secondary N) is 1. The van der Waals surface area contributed by atoms with E-state index in [4.69, 9.17) is 9.47 Å². The molecule has 2 amide bonds. The molecule has 1 N–H and O–H groups in total. The second-order valence-corrected chi connectivity index (χ2v) is 6.34. The first-order chi connectivity index (χ1) is 14.2. The van der Waals surface area contributed by atoms with Gasteiger partial charge in [-0.05, 0) is 35.9 Å². The Kier molecular flexibility index (Phi) is 6.98. The number of benzene rings is 2. The molecule has 2 aromatic rings. The van der Waals surface area contributed by atoms with Crippen LogP contribution in [0.15, 0.2) is 60.2 Å². The lowest BCUT2D eigenvalue weighted by atomic mass is 10.1. The zero-order chi connectivity index (χ0) is 20.5. The maximum atomic E-state index is 12.3. The molecule has 1 heterocycles. The average Bonchev–Trinajstić information content (AvgIpc) is 2.77. The Morgan fingerprint density at radius 1 is 1.10 bits per heavy atom. The molecule has 0 aliphatic carbocycles. The minimum Gasteiger partial charge on any atom is -0.484 e. The fraction of sp³-hybridized carbons (Fsp3) is 0.227. The van der Waals surface area contributed by atoms with Crippen molar-refractivity contribution in [2.45, 2.75) is 0 Å². The van der Waals surface area contributed by atoms with Gasteiger partial charge in [0.1, 0.15) is 17.4 Å². The number of hydrogen-bond donors (Lipinski definition) is 1. The third-order valence-electron chi connectivity index (χ3n) is 4.31. The lowest BCUT2D eigenvalue weighted by Gasteiger charge is -2.26. The van der Waals surface area contributed by atoms with Crippen LogP contribution in [0.4, 0.5) is 5.69 Å². The topological polar surface area (TPSA) is 91.7 Å². The molecule has 0 bridgehead atoms. The highest BCUT2D eigenvalue weighted by Gasteiger charge is 2.17. The van der Waals surface area contributed by atoms with Crippen LogP contribution in [0.25, 0.3) is 6.08 Å². The summed E-state index contributed by atoms with van der Waals surface area (Å²) in [6.45, 7) is 2.21. The molecule has 1 aliphatic rings. The van der Waals surface area contributed by atoms with Crippen LogP contribution >= 0.6 is 0 Å². The largest absolute Gasteiger partial charge is 0.484 e. The summed E-state index contributed by atoms with van der Waals surface area (Å²) in [4.78, 5) is 26.1. The van der Waals surface area contributed by atoms with E-state index in [1.54, 1.807) is 53.4 Å². The van der Waals surface area contributed by atoms with E-state index < -0.39 is 5.91 Å². The van der Waals surface area contributed by atoms with Gasteiger partial charge < -0.3 is 19.7 Å². The summed E-state index contributed by atoms with van der Waals surface area (Å²) in [6.07, 6.45) is 1.50. The molecule has 0 spiro atoms. The summed E-state index contributed by atoms with van der Waals surface area (Å²) in [7, 11) is 0. The Morgan fingerprint density at radius 3 is 2.45 bits per heavy atom. The smallest absolute Gasteiger partial charge is 0.266 e. The predicted molar refractivity (Wildman–Crippen MR) is 108 cm³/mol. The van der Waals surface area contributed by atoms with Crippen molar-refractivity contribution in [3.63, 3.8) is 0 Å². The number of carbonyl (C=O) groups is 2. The molecule has 1 saturated heterocycles. The van der Waals surface area contributed by atoms with Crippen LogP contribution < -0.4 is 10.1 Å². The van der Waals surface area contributed by atoms with Gasteiger partial charge in [0, 0.05) is 18.8 Å². The Balaban J connectivity index is 1.57. The SMILES string of the molecule is N#CC(=Cc1ccc(OCC(=O)N2CCOCC2)cc1)C(=O)Nc1ccccc1. The van der Waals surface area contributed by atoms with Gasteiger partial charge >= 0.3 is 0 Å². The molecule has 29 heavy (non-hydrogen) atoms. The number of ether oxygens (including phenoxy) is 2. The number of hydrogen-bond acceptors (Lipinski definition) is 5. The second-order valence-electron chi connectivity index (χ2n) is 6.34. The molecule has 7 heteroatoms. The Bertz CT molecular complexity index is 911. The van der Waals surface area contributed by atoms with Gasteiger partial charge in [0.2, 0.25) is 0 Å². The number of rotatable bonds is 6. The van der Waals surface area contributed by atoms with Crippen molar-refractivity contribution in [3.05, 3.63) is 65.7 Å². The van der Waals surface area contributed by atoms with E-state index in [-0.39, 0.29) is 18.1 Å². The zero-order valence-corrected chi connectivity index (χ0v) is 15.8. The monoisotopic (exact) mass is 391 g/mol. The zero-order valence-electron chi connectivity index (χ0n) is 15.8. The van der Waals surface area contributed by atoms with Crippen LogP contribution in [0.2, 0.25) is 0 Å². The predicted octanol–water partition coefficient (Wildman–Crippen LogP) is 2.47. The summed E-state index contributed by atoms with van der Waals surface area (Å²) >= 11 is 0. The van der Waals surface area contributed by atoms with Crippen molar-refractivity contribution in [3.8, 4) is 11.8 Å². The number of nitriles is 1. The maximum Gasteiger partial charge on any atom is 0.266 e. The van der Waals surface area contributed by atoms with Gasteiger partial charge in [-0.1, -0.05) is 30.3 Å². The van der Waals surface area contributed by atoms with Gasteiger partial charge in [0.05, 0.1) is 13.2 Å². The third-order valence-corrected chi connectivity index (χ3v) is 4.31. The fourth-order valence-corrected chi connectivity index (χ4v) is 2.74. The van der Waals surface area contributed by atoms with Crippen LogP contribution in [-0.2, 0) is 14.3 Å². The fourth-order valence-electron chi connectivity index (χ4n) is 2.74. The Hall–Kier alpha value is -3.63. The van der Waals surface area contributed by atoms with Gasteiger partial charge in [0.25, 0.3) is 11.8 Å². The van der Waals surface area contributed by atoms with E-state index in [1.807, 2.05) is 12.1 Å². The van der Waals surface area contributed by atoms with Gasteiger partial charge in [-0.2, -0.15) is 5.26 Å². The summed E-state index contributed by atoms with van der Waals surface area (Å²) in [6, 6.07) is 17.7. The van der Waals surface area contributed by atoms with Crippen LogP contribution in [0, 0.1) is 11.3 Å². The molecule has 0 aromatic heterocycles. The van der Waals surface area contributed by atoms with Crippen LogP contribution in [0.1, 0.15) is 5.56 Å². The first-order valence-electron chi connectivity index (χ1n) is 9.22. The van der Waals surface area contributed by atoms with Crippen LogP contribution in [-0.4, -0.2) is 49.6 Å². The molecule has 0 atom stereocenters. The molecule has 0 saturated carbocycles. The number of para-hydroxylation sites is 1. The van der Waals surface area contributed by atoms with Crippen molar-refractivity contribution in [1.29, 1.82) is 5.26 Å². The standard InChI is InChI=1S/C22H21N3O4/c23-15-18(22(27)24-19-4-2-1-3-5-19)14-17-6-8-20(9-7-17)29-16-21(26)25-10-12-28-13-11-25/h1-9,14H,10-13,16H2,(H,24,27). The lowest BCUT2D eigenvalue weighted by molar-refractivity contribution is -0.137. The normalized spacial score (nSPS) is 14.0. The van der Waals surface area contributed by atoms with Gasteiger partial charge in [-0.15, -0.1) is 0 Å². The van der Waals surface area contributed by atoms with Crippen molar-refractivity contribution >= 4 is 23.6 Å². The van der Waals surface area contributed by atoms with E-state index in [0.717, 1.165) is 0 Å². The molecule has 148 valence electrons. The number of nitrogens with zero attached hydrogens (tertiary/aromatic N) is 2. The summed E-state index contributed by atoms with van der Waals surface area (Å²) < 4.78 is 10.8. The molecular weight excluding hydrogens is 370 g/mol. The summed E-state index contributed by atoms with van der Waals surface area (Å²) in [5, 5.41) is 12.0. The van der Waals surface area contributed by atoms with Crippen molar-refractivity contribution in [2.24, 2.45) is 0 Å². The molecule has 1 aliphatic heterocycles. The van der Waals surface area contributed by atoms with E-state index >= 15 is 0 Å². The lowest BCUT2D eigenvalue weighted by Crippen LogP contribution is -2.42. The average molecular weight is 391 g/mol. The molecule has 2 aromatic carbocycles. The molecule has 0 unspecified atom stereocenters. The highest BCUT2D eigenvalue weighted by Crippen LogP contribution is 2.16. The number of carbonyl (C=O) groups excluding carboxylic acids is 2. The molecule has 1 fully saturated rings. The maximum absolute atomic E-state index is 12.3. The first kappa shape index (κ1) is 20.1. The summed E-state index contributed by atoms with van der Waals surface area (Å²) in [5.41, 5.74) is 1.29. The molecular formula is C22H21N3O4. The van der Waals surface area contributed by atoms with E-state index in [9.17, 15) is 14.9 Å². The highest BCUT2D eigenvalue weighted by molar-refractivity contribution is 6.09. The number of amides is 2. The van der Waals surface area contributed by atoms with Gasteiger partial charge in [-0.25, -0.2) is 0 Å². The van der Waals surface area contributed by atoms with Gasteiger partial charge in [-0.3, -0.25) is 9.59 Å². The minimum absolute atomic E-state index is 0.00924. The summed E-state index contributed by atoms with van der Waals surface area (Å²) in [5.74, 6) is -0.0206. The van der Waals surface area contributed by atoms with E-state index in [1.165, 1.54) is 6.08 Å². The Labute approximate surface area is 169 Å². The van der Waals surface area contributed by atoms with Crippen molar-refractivity contribution in [2.75, 3.05) is 38.2 Å². The van der Waals surface area contributed by atoms with Gasteiger partial charge in [0.15, 0.2) is 6.61 Å². The van der Waals surface area contributed by atoms with Crippen molar-refractivity contribution in [1.82, 2.24) is 4.90 Å². The number of anilines is 1. The highest BCUT2D eigenvalue weighted by atomic mass is 16.5. The van der Waals surface area contributed by atoms with E-state index in [2.05, 4.69) is 5.32 Å². The quantitative estimate of drug-likeness (QED) is 0.603. The Morgan fingerprint density at radius 2 is 1.79 bits per heavy atom. The molecule has 3 rings (SSSR count). The number of morpholine rings is 1. The minimum atomic E-state index is -0.477. The first-order valence-corrected chi connectivity index (χ1v) is 9.22. The molecule has 0 radical (unpaired) electrons. The van der Waals surface area contributed by atoms with Crippen LogP contribution in [0.3, 0.4) is 0 Å².